The summed E-state index contributed by atoms with van der Waals surface area (Å²) >= 11 is 1.44. The Morgan fingerprint density at radius 3 is 2.08 bits per heavy atom. The van der Waals surface area contributed by atoms with Gasteiger partial charge in [0.2, 0.25) is 5.91 Å². The predicted octanol–water partition coefficient (Wildman–Crippen LogP) is 9.32. The summed E-state index contributed by atoms with van der Waals surface area (Å²) in [6.07, 6.45) is 10.8. The smallest absolute Gasteiger partial charge is 0.326 e. The molecule has 0 aliphatic carbocycles. The maximum Gasteiger partial charge on any atom is 0.326 e. The second-order valence-electron chi connectivity index (χ2n) is 13.9. The molecule has 0 saturated carbocycles. The molecule has 0 saturated heterocycles. The second kappa shape index (κ2) is 18.6. The van der Waals surface area contributed by atoms with Crippen molar-refractivity contribution < 1.29 is 24.2 Å². The highest BCUT2D eigenvalue weighted by Gasteiger charge is 2.28. The molecule has 9 heteroatoms. The van der Waals surface area contributed by atoms with Gasteiger partial charge in [-0.15, -0.1) is 11.3 Å². The molecular weight excluding hydrogens is 647 g/mol. The van der Waals surface area contributed by atoms with Crippen molar-refractivity contribution in [1.82, 2.24) is 15.3 Å². The number of carbonyl (C=O) groups excluding carboxylic acids is 2. The first-order chi connectivity index (χ1) is 24.0. The maximum absolute atomic E-state index is 13.5. The van der Waals surface area contributed by atoms with Gasteiger partial charge in [0, 0.05) is 40.7 Å². The molecule has 266 valence electrons. The number of Topliss-reactive ketones (excluding diaryl/α,β-unsaturated/α-hetero) is 1. The SMILES string of the molecule is CCCCCCCOc1ccc(-c2cnc(-c3ccc(C[C@H](CC(=O)c4ccc(C(C)(C)C)s4)C(=O)N[C@@H](CCC)C(=O)O)cc3)nc2)cc1. The van der Waals surface area contributed by atoms with Crippen molar-refractivity contribution >= 4 is 29.0 Å². The molecule has 0 bridgehead atoms. The molecule has 0 aliphatic rings. The third-order valence-electron chi connectivity index (χ3n) is 8.66. The molecule has 0 fully saturated rings. The highest BCUT2D eigenvalue weighted by molar-refractivity contribution is 7.14. The molecule has 4 aromatic rings. The molecule has 1 amide bonds. The van der Waals surface area contributed by atoms with Crippen LogP contribution in [0.1, 0.15) is 106 Å². The number of amides is 1. The topological polar surface area (TPSA) is 118 Å². The number of aliphatic carboxylic acids is 1. The van der Waals surface area contributed by atoms with E-state index in [1.807, 2.05) is 67.6 Å². The number of thiophene rings is 1. The fourth-order valence-corrected chi connectivity index (χ4v) is 6.66. The lowest BCUT2D eigenvalue weighted by Crippen LogP contribution is -2.44. The second-order valence-corrected chi connectivity index (χ2v) is 15.0. The van der Waals surface area contributed by atoms with Crippen LogP contribution in [-0.4, -0.2) is 45.4 Å². The third kappa shape index (κ3) is 11.3. The molecule has 2 atom stereocenters. The number of ether oxygens (including phenoxy) is 1. The molecule has 50 heavy (non-hydrogen) atoms. The Hall–Kier alpha value is -4.37. The Morgan fingerprint density at radius 2 is 1.48 bits per heavy atom. The van der Waals surface area contributed by atoms with E-state index in [4.69, 9.17) is 4.74 Å². The summed E-state index contributed by atoms with van der Waals surface area (Å²) in [7, 11) is 0. The van der Waals surface area contributed by atoms with Gasteiger partial charge in [-0.25, -0.2) is 14.8 Å². The van der Waals surface area contributed by atoms with E-state index in [1.165, 1.54) is 37.0 Å². The Morgan fingerprint density at radius 1 is 0.820 bits per heavy atom. The predicted molar refractivity (Wildman–Crippen MR) is 201 cm³/mol. The van der Waals surface area contributed by atoms with Crippen LogP contribution < -0.4 is 10.1 Å². The van der Waals surface area contributed by atoms with E-state index < -0.39 is 23.8 Å². The van der Waals surface area contributed by atoms with Crippen LogP contribution in [0.5, 0.6) is 5.75 Å². The molecule has 8 nitrogen and oxygen atoms in total. The van der Waals surface area contributed by atoms with Crippen LogP contribution in [0.2, 0.25) is 0 Å². The minimum atomic E-state index is -1.08. The molecule has 0 aliphatic heterocycles. The number of nitrogens with one attached hydrogen (secondary N) is 1. The fraction of sp³-hybridized carbons (Fsp3) is 0.439. The third-order valence-corrected chi connectivity index (χ3v) is 10.2. The van der Waals surface area contributed by atoms with Crippen LogP contribution >= 0.6 is 11.3 Å². The lowest BCUT2D eigenvalue weighted by Gasteiger charge is -2.20. The molecule has 4 rings (SSSR count). The normalized spacial score (nSPS) is 12.7. The van der Waals surface area contributed by atoms with Crippen molar-refractivity contribution in [3.63, 3.8) is 0 Å². The first kappa shape index (κ1) is 38.4. The van der Waals surface area contributed by atoms with Gasteiger partial charge < -0.3 is 15.2 Å². The standard InChI is InChI=1S/C41H51N3O5S/c1-6-8-9-10-11-23-49-33-19-17-29(18-20-33)32-26-42-38(43-27-32)30-15-13-28(14-16-30)24-31(39(46)44-34(12-7-2)40(47)48)25-35(45)36-21-22-37(50-36)41(3,4)5/h13-22,26-27,31,34H,6-12,23-25H2,1-5H3,(H,44,46)(H,47,48)/t31-,34+/m1/s1. The number of hydrogen-bond acceptors (Lipinski definition) is 7. The van der Waals surface area contributed by atoms with Crippen LogP contribution in [0.3, 0.4) is 0 Å². The average molecular weight is 698 g/mol. The van der Waals surface area contributed by atoms with Gasteiger partial charge in [0.25, 0.3) is 0 Å². The molecule has 0 spiro atoms. The number of nitrogens with zero attached hydrogens (tertiary/aromatic N) is 2. The molecular formula is C41H51N3O5S. The van der Waals surface area contributed by atoms with Gasteiger partial charge in [0.1, 0.15) is 11.8 Å². The van der Waals surface area contributed by atoms with Crippen molar-refractivity contribution in [1.29, 1.82) is 0 Å². The number of carboxylic acid groups (broad SMARTS) is 1. The number of carboxylic acids is 1. The van der Waals surface area contributed by atoms with Crippen molar-refractivity contribution in [3.8, 4) is 28.3 Å². The van der Waals surface area contributed by atoms with Crippen LogP contribution in [0.4, 0.5) is 0 Å². The number of ketones is 1. The van der Waals surface area contributed by atoms with Crippen molar-refractivity contribution in [2.24, 2.45) is 5.92 Å². The van der Waals surface area contributed by atoms with Crippen LogP contribution in [0.25, 0.3) is 22.5 Å². The molecule has 2 aromatic carbocycles. The molecule has 0 unspecified atom stereocenters. The van der Waals surface area contributed by atoms with Gasteiger partial charge >= 0.3 is 5.97 Å². The van der Waals surface area contributed by atoms with E-state index in [0.717, 1.165) is 45.9 Å². The number of aromatic nitrogens is 2. The van der Waals surface area contributed by atoms with E-state index in [-0.39, 0.29) is 24.0 Å². The van der Waals surface area contributed by atoms with Crippen LogP contribution in [0.15, 0.2) is 73.1 Å². The highest BCUT2D eigenvalue weighted by Crippen LogP contribution is 2.31. The first-order valence-corrected chi connectivity index (χ1v) is 18.6. The first-order valence-electron chi connectivity index (χ1n) is 17.8. The number of hydrogen-bond donors (Lipinski definition) is 2. The molecule has 0 radical (unpaired) electrons. The van der Waals surface area contributed by atoms with E-state index in [2.05, 4.69) is 43.0 Å². The maximum atomic E-state index is 13.5. The summed E-state index contributed by atoms with van der Waals surface area (Å²) in [6.45, 7) is 11.1. The van der Waals surface area contributed by atoms with Gasteiger partial charge in [0.15, 0.2) is 11.6 Å². The van der Waals surface area contributed by atoms with Gasteiger partial charge in [-0.1, -0.05) is 103 Å². The zero-order chi connectivity index (χ0) is 36.1. The van der Waals surface area contributed by atoms with Crippen molar-refractivity contribution in [2.45, 2.75) is 104 Å². The monoisotopic (exact) mass is 697 g/mol. The molecule has 2 heterocycles. The number of unbranched alkanes of at least 4 members (excludes halogenated alkanes) is 4. The van der Waals surface area contributed by atoms with Gasteiger partial charge in [-0.3, -0.25) is 9.59 Å². The molecule has 2 N–H and O–H groups in total. The summed E-state index contributed by atoms with van der Waals surface area (Å²) < 4.78 is 5.89. The average Bonchev–Trinajstić information content (AvgIpc) is 3.62. The lowest BCUT2D eigenvalue weighted by atomic mass is 9.92. The van der Waals surface area contributed by atoms with Crippen LogP contribution in [-0.2, 0) is 21.4 Å². The van der Waals surface area contributed by atoms with E-state index in [9.17, 15) is 19.5 Å². The van der Waals surface area contributed by atoms with Gasteiger partial charge in [-0.2, -0.15) is 0 Å². The lowest BCUT2D eigenvalue weighted by molar-refractivity contribution is -0.142. The van der Waals surface area contributed by atoms with Crippen molar-refractivity contribution in [3.05, 3.63) is 88.4 Å². The largest absolute Gasteiger partial charge is 0.494 e. The van der Waals surface area contributed by atoms with Gasteiger partial charge in [-0.05, 0) is 60.1 Å². The zero-order valence-electron chi connectivity index (χ0n) is 30.0. The summed E-state index contributed by atoms with van der Waals surface area (Å²) in [5, 5.41) is 12.3. The number of rotatable bonds is 19. The highest BCUT2D eigenvalue weighted by atomic mass is 32.1. The van der Waals surface area contributed by atoms with Gasteiger partial charge in [0.05, 0.1) is 11.5 Å². The summed E-state index contributed by atoms with van der Waals surface area (Å²) in [5.41, 5.74) is 3.49. The van der Waals surface area contributed by atoms with E-state index in [0.29, 0.717) is 23.5 Å². The molecule has 2 aromatic heterocycles. The Labute approximate surface area is 300 Å². The Kier molecular flexibility index (Phi) is 14.3. The minimum absolute atomic E-state index is 0.0210. The van der Waals surface area contributed by atoms with E-state index in [1.54, 1.807) is 12.4 Å². The fourth-order valence-electron chi connectivity index (χ4n) is 5.65. The number of benzene rings is 2. The summed E-state index contributed by atoms with van der Waals surface area (Å²) in [4.78, 5) is 49.6. The Balaban J connectivity index is 1.42. The Bertz CT molecular complexity index is 1680. The number of carbonyl (C=O) groups is 3. The summed E-state index contributed by atoms with van der Waals surface area (Å²) in [5.74, 6) is -0.942. The van der Waals surface area contributed by atoms with E-state index >= 15 is 0 Å². The quantitative estimate of drug-likeness (QED) is 0.0741. The van der Waals surface area contributed by atoms with Crippen LogP contribution in [0, 0.1) is 5.92 Å². The minimum Gasteiger partial charge on any atom is -0.494 e. The summed E-state index contributed by atoms with van der Waals surface area (Å²) in [6, 6.07) is 18.4. The van der Waals surface area contributed by atoms with Crippen molar-refractivity contribution in [2.75, 3.05) is 6.61 Å². The zero-order valence-corrected chi connectivity index (χ0v) is 30.9.